The smallest absolute Gasteiger partial charge is 0.321 e. The fourth-order valence-corrected chi connectivity index (χ4v) is 2.81. The molecule has 1 saturated carbocycles. The van der Waals surface area contributed by atoms with Crippen molar-refractivity contribution in [2.75, 3.05) is 26.7 Å². The van der Waals surface area contributed by atoms with Crippen LogP contribution in [0.5, 0.6) is 0 Å². The van der Waals surface area contributed by atoms with Gasteiger partial charge in [0.2, 0.25) is 5.91 Å². The molecule has 0 aromatic rings. The van der Waals surface area contributed by atoms with Crippen LogP contribution in [0.4, 0.5) is 4.79 Å². The number of carbonyl (C=O) groups is 2. The standard InChI is InChI=1S/C14H28N4O2/c1-3-4-8-16-14(20)17-13(19)10-18(2)12-7-5-6-11(12)9-15/h11-12H,3-10,15H2,1-2H3,(H2,16,17,19,20). The molecule has 0 aromatic heterocycles. The normalized spacial score (nSPS) is 22.0. The molecule has 0 spiro atoms. The van der Waals surface area contributed by atoms with Crippen LogP contribution in [0.1, 0.15) is 39.0 Å². The summed E-state index contributed by atoms with van der Waals surface area (Å²) in [5.41, 5.74) is 5.75. The predicted molar refractivity (Wildman–Crippen MR) is 79.3 cm³/mol. The molecule has 0 aromatic carbocycles. The average Bonchev–Trinajstić information content (AvgIpc) is 2.87. The van der Waals surface area contributed by atoms with E-state index in [9.17, 15) is 9.59 Å². The molecule has 4 N–H and O–H groups in total. The van der Waals surface area contributed by atoms with Crippen LogP contribution in [-0.2, 0) is 4.79 Å². The molecule has 2 atom stereocenters. The Kier molecular flexibility index (Phi) is 7.54. The Hall–Kier alpha value is -1.14. The molecule has 1 rings (SSSR count). The number of imide groups is 1. The molecular formula is C14H28N4O2. The molecule has 0 saturated heterocycles. The summed E-state index contributed by atoms with van der Waals surface area (Å²) in [6.07, 6.45) is 5.30. The molecule has 6 nitrogen and oxygen atoms in total. The van der Waals surface area contributed by atoms with Crippen LogP contribution >= 0.6 is 0 Å². The lowest BCUT2D eigenvalue weighted by atomic mass is 10.0. The number of rotatable bonds is 7. The van der Waals surface area contributed by atoms with Gasteiger partial charge >= 0.3 is 6.03 Å². The number of amides is 3. The van der Waals surface area contributed by atoms with E-state index in [0.717, 1.165) is 32.1 Å². The lowest BCUT2D eigenvalue weighted by Crippen LogP contribution is -2.47. The summed E-state index contributed by atoms with van der Waals surface area (Å²) >= 11 is 0. The van der Waals surface area contributed by atoms with Gasteiger partial charge < -0.3 is 11.1 Å². The van der Waals surface area contributed by atoms with Crippen LogP contribution in [0.15, 0.2) is 0 Å². The number of nitrogens with zero attached hydrogens (tertiary/aromatic N) is 1. The van der Waals surface area contributed by atoms with Gasteiger partial charge in [0, 0.05) is 12.6 Å². The number of hydrogen-bond acceptors (Lipinski definition) is 4. The second-order valence-corrected chi connectivity index (χ2v) is 5.57. The molecule has 0 aliphatic heterocycles. The molecule has 0 heterocycles. The Morgan fingerprint density at radius 2 is 2.10 bits per heavy atom. The number of nitrogens with one attached hydrogen (secondary N) is 2. The minimum Gasteiger partial charge on any atom is -0.338 e. The maximum absolute atomic E-state index is 11.8. The van der Waals surface area contributed by atoms with Crippen molar-refractivity contribution >= 4 is 11.9 Å². The largest absolute Gasteiger partial charge is 0.338 e. The number of unbranched alkanes of at least 4 members (excludes halogenated alkanes) is 1. The molecule has 2 unspecified atom stereocenters. The summed E-state index contributed by atoms with van der Waals surface area (Å²) in [6.45, 7) is 3.55. The monoisotopic (exact) mass is 284 g/mol. The number of hydrogen-bond donors (Lipinski definition) is 3. The maximum Gasteiger partial charge on any atom is 0.321 e. The van der Waals surface area contributed by atoms with E-state index in [4.69, 9.17) is 5.73 Å². The van der Waals surface area contributed by atoms with Crippen LogP contribution in [-0.4, -0.2) is 49.6 Å². The van der Waals surface area contributed by atoms with Crippen LogP contribution in [0.3, 0.4) is 0 Å². The van der Waals surface area contributed by atoms with Crippen LogP contribution < -0.4 is 16.4 Å². The van der Waals surface area contributed by atoms with Crippen molar-refractivity contribution in [3.05, 3.63) is 0 Å². The quantitative estimate of drug-likeness (QED) is 0.600. The van der Waals surface area contributed by atoms with Crippen molar-refractivity contribution in [3.63, 3.8) is 0 Å². The van der Waals surface area contributed by atoms with Gasteiger partial charge in [-0.2, -0.15) is 0 Å². The Morgan fingerprint density at radius 1 is 1.35 bits per heavy atom. The lowest BCUT2D eigenvalue weighted by Gasteiger charge is -2.28. The first-order chi connectivity index (χ1) is 9.58. The number of likely N-dealkylation sites (N-methyl/N-ethyl adjacent to an activating group) is 1. The molecule has 1 aliphatic carbocycles. The first kappa shape index (κ1) is 16.9. The van der Waals surface area contributed by atoms with Crippen molar-refractivity contribution < 1.29 is 9.59 Å². The second-order valence-electron chi connectivity index (χ2n) is 5.57. The Balaban J connectivity index is 2.28. The molecule has 1 aliphatic rings. The van der Waals surface area contributed by atoms with Gasteiger partial charge in [-0.1, -0.05) is 19.8 Å². The van der Waals surface area contributed by atoms with E-state index in [0.29, 0.717) is 25.0 Å². The van der Waals surface area contributed by atoms with Crippen molar-refractivity contribution in [2.45, 2.75) is 45.1 Å². The summed E-state index contributed by atoms with van der Waals surface area (Å²) in [6, 6.07) is -0.0486. The van der Waals surface area contributed by atoms with E-state index in [1.54, 1.807) is 0 Å². The van der Waals surface area contributed by atoms with E-state index in [1.807, 2.05) is 11.9 Å². The average molecular weight is 284 g/mol. The highest BCUT2D eigenvalue weighted by molar-refractivity contribution is 5.95. The molecule has 0 radical (unpaired) electrons. The first-order valence-electron chi connectivity index (χ1n) is 7.56. The van der Waals surface area contributed by atoms with Crippen LogP contribution in [0, 0.1) is 5.92 Å². The van der Waals surface area contributed by atoms with Gasteiger partial charge in [0.1, 0.15) is 0 Å². The van der Waals surface area contributed by atoms with E-state index < -0.39 is 6.03 Å². The first-order valence-corrected chi connectivity index (χ1v) is 7.56. The van der Waals surface area contributed by atoms with Gasteiger partial charge in [-0.05, 0) is 38.8 Å². The summed E-state index contributed by atoms with van der Waals surface area (Å²) in [5.74, 6) is 0.204. The van der Waals surface area contributed by atoms with E-state index in [-0.39, 0.29) is 12.5 Å². The highest BCUT2D eigenvalue weighted by atomic mass is 16.2. The highest BCUT2D eigenvalue weighted by Gasteiger charge is 2.30. The predicted octanol–water partition coefficient (Wildman–Crippen LogP) is 0.672. The Bertz CT molecular complexity index is 322. The fourth-order valence-electron chi connectivity index (χ4n) is 2.81. The summed E-state index contributed by atoms with van der Waals surface area (Å²) in [7, 11) is 1.92. The summed E-state index contributed by atoms with van der Waals surface area (Å²) in [5, 5.41) is 5.03. The second kappa shape index (κ2) is 8.92. The number of urea groups is 1. The molecule has 6 heteroatoms. The zero-order valence-electron chi connectivity index (χ0n) is 12.7. The van der Waals surface area contributed by atoms with E-state index in [2.05, 4.69) is 17.6 Å². The zero-order valence-corrected chi connectivity index (χ0v) is 12.7. The third kappa shape index (κ3) is 5.46. The van der Waals surface area contributed by atoms with E-state index >= 15 is 0 Å². The Labute approximate surface area is 121 Å². The third-order valence-electron chi connectivity index (χ3n) is 3.95. The highest BCUT2D eigenvalue weighted by Crippen LogP contribution is 2.28. The summed E-state index contributed by atoms with van der Waals surface area (Å²) < 4.78 is 0. The topological polar surface area (TPSA) is 87.5 Å². The van der Waals surface area contributed by atoms with Gasteiger partial charge in [-0.15, -0.1) is 0 Å². The molecule has 0 bridgehead atoms. The van der Waals surface area contributed by atoms with Gasteiger partial charge in [0.25, 0.3) is 0 Å². The van der Waals surface area contributed by atoms with Gasteiger partial charge in [-0.25, -0.2) is 4.79 Å². The molecule has 3 amide bonds. The zero-order chi connectivity index (χ0) is 15.0. The minimum atomic E-state index is -0.404. The number of carbonyl (C=O) groups excluding carboxylic acids is 2. The molecule has 20 heavy (non-hydrogen) atoms. The summed E-state index contributed by atoms with van der Waals surface area (Å²) in [4.78, 5) is 25.3. The van der Waals surface area contributed by atoms with Crippen molar-refractivity contribution in [3.8, 4) is 0 Å². The van der Waals surface area contributed by atoms with Gasteiger partial charge in [0.05, 0.1) is 6.54 Å². The Morgan fingerprint density at radius 3 is 2.75 bits per heavy atom. The molecule has 1 fully saturated rings. The van der Waals surface area contributed by atoms with Crippen molar-refractivity contribution in [1.82, 2.24) is 15.5 Å². The fraction of sp³-hybridized carbons (Fsp3) is 0.857. The SMILES string of the molecule is CCCCNC(=O)NC(=O)CN(C)C1CCCC1CN. The van der Waals surface area contributed by atoms with Crippen molar-refractivity contribution in [2.24, 2.45) is 11.7 Å². The van der Waals surface area contributed by atoms with Crippen molar-refractivity contribution in [1.29, 1.82) is 0 Å². The maximum atomic E-state index is 11.8. The molecular weight excluding hydrogens is 256 g/mol. The number of nitrogens with two attached hydrogens (primary N) is 1. The van der Waals surface area contributed by atoms with Crippen LogP contribution in [0.25, 0.3) is 0 Å². The van der Waals surface area contributed by atoms with E-state index in [1.165, 1.54) is 0 Å². The van der Waals surface area contributed by atoms with Crippen LogP contribution in [0.2, 0.25) is 0 Å². The lowest BCUT2D eigenvalue weighted by molar-refractivity contribution is -0.121. The minimum absolute atomic E-state index is 0.238. The van der Waals surface area contributed by atoms with Gasteiger partial charge in [-0.3, -0.25) is 15.0 Å². The van der Waals surface area contributed by atoms with Gasteiger partial charge in [0.15, 0.2) is 0 Å². The molecule has 116 valence electrons. The third-order valence-corrected chi connectivity index (χ3v) is 3.95.